The molecule has 1 amide bonds. The normalized spacial score (nSPS) is 19.1. The smallest absolute Gasteiger partial charge is 0.234 e. The Labute approximate surface area is 187 Å². The summed E-state index contributed by atoms with van der Waals surface area (Å²) in [5.41, 5.74) is 0.575. The fraction of sp³-hybridized carbons (Fsp3) is 0.636. The standard InChI is InChI=1S/C22H31N5OS2/c1-7-15-8-9-17-16(10-15)11-18(30-17)19-25-26-21(27(19)6)29-14(4)20(28)24-22(5,12-23)13(2)3/h11,13-15H,7-10H2,1-6H3,(H,24,28). The number of carbonyl (C=O) groups excluding carboxylic acids is 1. The Balaban J connectivity index is 1.73. The van der Waals surface area contributed by atoms with Crippen LogP contribution in [-0.4, -0.2) is 31.5 Å². The van der Waals surface area contributed by atoms with Crippen LogP contribution in [0.25, 0.3) is 10.7 Å². The number of carbonyl (C=O) groups is 1. The molecule has 6 nitrogen and oxygen atoms in total. The average Bonchev–Trinajstić information content (AvgIpc) is 3.30. The van der Waals surface area contributed by atoms with E-state index in [9.17, 15) is 10.1 Å². The Bertz CT molecular complexity index is 957. The van der Waals surface area contributed by atoms with Crippen molar-refractivity contribution >= 4 is 29.0 Å². The molecule has 30 heavy (non-hydrogen) atoms. The molecule has 2 aromatic rings. The van der Waals surface area contributed by atoms with Crippen molar-refractivity contribution in [2.45, 2.75) is 76.2 Å². The van der Waals surface area contributed by atoms with Gasteiger partial charge in [0.15, 0.2) is 11.0 Å². The zero-order chi connectivity index (χ0) is 22.1. The molecule has 1 N–H and O–H groups in total. The van der Waals surface area contributed by atoms with Gasteiger partial charge in [-0.1, -0.05) is 39.0 Å². The summed E-state index contributed by atoms with van der Waals surface area (Å²) in [6, 6.07) is 4.50. The third-order valence-corrected chi connectivity index (χ3v) is 8.61. The van der Waals surface area contributed by atoms with E-state index in [4.69, 9.17) is 0 Å². The fourth-order valence-corrected chi connectivity index (χ4v) is 5.60. The first kappa shape index (κ1) is 22.8. The molecule has 0 saturated carbocycles. The highest BCUT2D eigenvalue weighted by atomic mass is 32.2. The summed E-state index contributed by atoms with van der Waals surface area (Å²) in [5.74, 6) is 1.48. The molecule has 0 spiro atoms. The summed E-state index contributed by atoms with van der Waals surface area (Å²) >= 11 is 3.19. The number of hydrogen-bond acceptors (Lipinski definition) is 6. The lowest BCUT2D eigenvalue weighted by molar-refractivity contribution is -0.121. The molecule has 3 rings (SSSR count). The Morgan fingerprint density at radius 2 is 2.20 bits per heavy atom. The third-order valence-electron chi connectivity index (χ3n) is 6.24. The van der Waals surface area contributed by atoms with Crippen molar-refractivity contribution in [3.8, 4) is 16.8 Å². The first-order valence-corrected chi connectivity index (χ1v) is 12.3. The number of fused-ring (bicyclic) bond motifs is 1. The van der Waals surface area contributed by atoms with Crippen LogP contribution in [0.15, 0.2) is 11.2 Å². The average molecular weight is 446 g/mol. The Hall–Kier alpha value is -1.85. The van der Waals surface area contributed by atoms with Gasteiger partial charge in [-0.3, -0.25) is 4.79 Å². The maximum Gasteiger partial charge on any atom is 0.234 e. The number of aromatic nitrogens is 3. The molecule has 0 saturated heterocycles. The molecule has 1 aliphatic rings. The summed E-state index contributed by atoms with van der Waals surface area (Å²) in [5, 5.41) is 21.4. The van der Waals surface area contributed by atoms with Crippen molar-refractivity contribution in [2.75, 3.05) is 0 Å². The van der Waals surface area contributed by atoms with Gasteiger partial charge in [0.1, 0.15) is 5.54 Å². The first-order chi connectivity index (χ1) is 14.2. The van der Waals surface area contributed by atoms with Crippen molar-refractivity contribution in [3.05, 3.63) is 16.5 Å². The molecule has 0 aliphatic heterocycles. The van der Waals surface area contributed by atoms with Crippen LogP contribution < -0.4 is 5.32 Å². The van der Waals surface area contributed by atoms with Crippen LogP contribution >= 0.6 is 23.1 Å². The summed E-state index contributed by atoms with van der Waals surface area (Å²) in [7, 11) is 1.95. The lowest BCUT2D eigenvalue weighted by Crippen LogP contribution is -2.51. The van der Waals surface area contributed by atoms with Gasteiger partial charge in [-0.2, -0.15) is 5.26 Å². The number of rotatable bonds is 7. The number of amides is 1. The van der Waals surface area contributed by atoms with Gasteiger partial charge in [0, 0.05) is 11.9 Å². The number of nitriles is 1. The quantitative estimate of drug-likeness (QED) is 0.630. The van der Waals surface area contributed by atoms with E-state index in [0.29, 0.717) is 5.16 Å². The number of aryl methyl sites for hydroxylation is 1. The van der Waals surface area contributed by atoms with Crippen molar-refractivity contribution in [1.29, 1.82) is 5.26 Å². The van der Waals surface area contributed by atoms with Crippen molar-refractivity contribution < 1.29 is 4.79 Å². The van der Waals surface area contributed by atoms with Gasteiger partial charge in [-0.15, -0.1) is 21.5 Å². The van der Waals surface area contributed by atoms with E-state index >= 15 is 0 Å². The van der Waals surface area contributed by atoms with Crippen molar-refractivity contribution in [3.63, 3.8) is 0 Å². The predicted molar refractivity (Wildman–Crippen MR) is 122 cm³/mol. The van der Waals surface area contributed by atoms with Crippen LogP contribution in [-0.2, 0) is 24.7 Å². The second-order valence-electron chi connectivity index (χ2n) is 8.66. The molecule has 162 valence electrons. The van der Waals surface area contributed by atoms with Crippen molar-refractivity contribution in [2.24, 2.45) is 18.9 Å². The molecule has 0 radical (unpaired) electrons. The van der Waals surface area contributed by atoms with Gasteiger partial charge in [0.25, 0.3) is 0 Å². The third kappa shape index (κ3) is 4.57. The Morgan fingerprint density at radius 3 is 2.83 bits per heavy atom. The topological polar surface area (TPSA) is 83.6 Å². The van der Waals surface area contributed by atoms with Crippen LogP contribution in [0, 0.1) is 23.2 Å². The lowest BCUT2D eigenvalue weighted by atomic mass is 9.87. The number of thiophene rings is 1. The van der Waals surface area contributed by atoms with E-state index < -0.39 is 5.54 Å². The van der Waals surface area contributed by atoms with Gasteiger partial charge >= 0.3 is 0 Å². The maximum atomic E-state index is 12.7. The number of nitrogens with one attached hydrogen (secondary N) is 1. The van der Waals surface area contributed by atoms with E-state index in [1.807, 2.05) is 43.7 Å². The molecule has 1 aliphatic carbocycles. The Morgan fingerprint density at radius 1 is 1.47 bits per heavy atom. The largest absolute Gasteiger partial charge is 0.337 e. The summed E-state index contributed by atoms with van der Waals surface area (Å²) in [6.45, 7) is 9.72. The molecule has 3 unspecified atom stereocenters. The van der Waals surface area contributed by atoms with Crippen LogP contribution in [0.4, 0.5) is 0 Å². The minimum Gasteiger partial charge on any atom is -0.337 e. The zero-order valence-electron chi connectivity index (χ0n) is 18.7. The first-order valence-electron chi connectivity index (χ1n) is 10.6. The molecular weight excluding hydrogens is 414 g/mol. The van der Waals surface area contributed by atoms with Crippen LogP contribution in [0.5, 0.6) is 0 Å². The Kier molecular flexibility index (Phi) is 6.93. The molecule has 0 bridgehead atoms. The minimum atomic E-state index is -0.886. The monoisotopic (exact) mass is 445 g/mol. The predicted octanol–water partition coefficient (Wildman–Crippen LogP) is 4.59. The maximum absolute atomic E-state index is 12.7. The van der Waals surface area contributed by atoms with Crippen LogP contribution in [0.2, 0.25) is 0 Å². The SMILES string of the molecule is CCC1CCc2sc(-c3nnc(SC(C)C(=O)NC(C)(C#N)C(C)C)n3C)cc2C1. The number of hydrogen-bond donors (Lipinski definition) is 1. The molecule has 2 heterocycles. The zero-order valence-corrected chi connectivity index (χ0v) is 20.3. The van der Waals surface area contributed by atoms with Gasteiger partial charge < -0.3 is 9.88 Å². The second kappa shape index (κ2) is 9.11. The molecule has 3 atom stereocenters. The minimum absolute atomic E-state index is 0.0160. The molecular formula is C22H31N5OS2. The van der Waals surface area contributed by atoms with Gasteiger partial charge in [-0.05, 0) is 56.6 Å². The van der Waals surface area contributed by atoms with Crippen molar-refractivity contribution in [1.82, 2.24) is 20.1 Å². The summed E-state index contributed by atoms with van der Waals surface area (Å²) in [6.07, 6.45) is 4.82. The second-order valence-corrected chi connectivity index (χ2v) is 11.1. The number of thioether (sulfide) groups is 1. The molecule has 2 aromatic heterocycles. The molecule has 0 fully saturated rings. The van der Waals surface area contributed by atoms with E-state index in [1.165, 1.54) is 35.0 Å². The van der Waals surface area contributed by atoms with Gasteiger partial charge in [-0.25, -0.2) is 0 Å². The fourth-order valence-electron chi connectivity index (χ4n) is 3.56. The van der Waals surface area contributed by atoms with Crippen LogP contribution in [0.1, 0.15) is 57.9 Å². The van der Waals surface area contributed by atoms with E-state index in [0.717, 1.165) is 29.5 Å². The highest BCUT2D eigenvalue weighted by Gasteiger charge is 2.32. The summed E-state index contributed by atoms with van der Waals surface area (Å²) in [4.78, 5) is 15.3. The summed E-state index contributed by atoms with van der Waals surface area (Å²) < 4.78 is 1.97. The highest BCUT2D eigenvalue weighted by Crippen LogP contribution is 2.38. The number of nitrogens with zero attached hydrogens (tertiary/aromatic N) is 4. The van der Waals surface area contributed by atoms with E-state index in [2.05, 4.69) is 34.6 Å². The van der Waals surface area contributed by atoms with Gasteiger partial charge in [0.2, 0.25) is 5.91 Å². The molecule has 0 aromatic carbocycles. The van der Waals surface area contributed by atoms with Crippen LogP contribution in [0.3, 0.4) is 0 Å². The van der Waals surface area contributed by atoms with Gasteiger partial charge in [0.05, 0.1) is 16.2 Å². The lowest BCUT2D eigenvalue weighted by Gasteiger charge is -2.28. The molecule has 8 heteroatoms. The highest BCUT2D eigenvalue weighted by molar-refractivity contribution is 8.00. The van der Waals surface area contributed by atoms with E-state index in [-0.39, 0.29) is 17.1 Å². The van der Waals surface area contributed by atoms with E-state index in [1.54, 1.807) is 6.92 Å².